The van der Waals surface area contributed by atoms with Gasteiger partial charge in [-0.2, -0.15) is 0 Å². The number of aliphatic hydroxyl groups is 1. The molecule has 0 aliphatic heterocycles. The van der Waals surface area contributed by atoms with Gasteiger partial charge in [-0.15, -0.1) is 0 Å². The van der Waals surface area contributed by atoms with Gasteiger partial charge in [-0.25, -0.2) is 0 Å². The average Bonchev–Trinajstić information content (AvgIpc) is 2.90. The van der Waals surface area contributed by atoms with Gasteiger partial charge in [-0.3, -0.25) is 4.79 Å². The molecule has 0 aliphatic rings. The molecule has 6 nitrogen and oxygen atoms in total. The van der Waals surface area contributed by atoms with Crippen LogP contribution in [0.2, 0.25) is 28.2 Å². The molecule has 0 aliphatic carbocycles. The lowest BCUT2D eigenvalue weighted by molar-refractivity contribution is -0.120. The Labute approximate surface area is 261 Å². The number of carbonyl (C=O) groups is 1. The van der Waals surface area contributed by atoms with E-state index >= 15 is 0 Å². The first-order valence-electron chi connectivity index (χ1n) is 14.3. The number of nitrogens with one attached hydrogen (secondary N) is 2. The Bertz CT molecular complexity index is 1340. The first-order valence-corrected chi connectivity index (χ1v) is 18.0. The zero-order chi connectivity index (χ0) is 31.1. The third-order valence-electron chi connectivity index (χ3n) is 7.96. The Morgan fingerprint density at radius 3 is 2.29 bits per heavy atom. The van der Waals surface area contributed by atoms with Crippen molar-refractivity contribution in [3.05, 3.63) is 98.5 Å². The van der Waals surface area contributed by atoms with Crippen molar-refractivity contribution in [3.63, 3.8) is 0 Å². The van der Waals surface area contributed by atoms with E-state index in [4.69, 9.17) is 27.6 Å². The molecule has 42 heavy (non-hydrogen) atoms. The fourth-order valence-corrected chi connectivity index (χ4v) is 6.24. The van der Waals surface area contributed by atoms with Crippen LogP contribution in [0.1, 0.15) is 61.6 Å². The normalized spacial score (nSPS) is 13.5. The SMILES string of the molecule is CC(Cc1cccc(CC(=O)NCc2c(Cl)cccc2Cl)c1)NCC(O[Si](C)(C)C(C)(C)C)c1ccc(O)c(CO)c1. The van der Waals surface area contributed by atoms with E-state index < -0.39 is 8.32 Å². The molecule has 0 heterocycles. The van der Waals surface area contributed by atoms with E-state index in [0.29, 0.717) is 27.7 Å². The van der Waals surface area contributed by atoms with Crippen LogP contribution >= 0.6 is 23.2 Å². The van der Waals surface area contributed by atoms with Gasteiger partial charge in [0, 0.05) is 40.3 Å². The lowest BCUT2D eigenvalue weighted by Crippen LogP contribution is -2.44. The molecule has 3 aromatic rings. The number of halogens is 2. The smallest absolute Gasteiger partial charge is 0.224 e. The highest BCUT2D eigenvalue weighted by Gasteiger charge is 2.39. The molecule has 2 atom stereocenters. The molecule has 0 saturated carbocycles. The maximum Gasteiger partial charge on any atom is 0.224 e. The van der Waals surface area contributed by atoms with Crippen LogP contribution in [0.4, 0.5) is 0 Å². The number of hydrogen-bond acceptors (Lipinski definition) is 5. The highest BCUT2D eigenvalue weighted by Crippen LogP contribution is 2.40. The number of phenols is 1. The summed E-state index contributed by atoms with van der Waals surface area (Å²) in [5.74, 6) is -0.0223. The van der Waals surface area contributed by atoms with Crippen molar-refractivity contribution in [2.24, 2.45) is 0 Å². The molecule has 0 radical (unpaired) electrons. The number of aliphatic hydroxyl groups excluding tert-OH is 1. The van der Waals surface area contributed by atoms with Crippen molar-refractivity contribution in [1.29, 1.82) is 0 Å². The maximum atomic E-state index is 12.7. The number of carbonyl (C=O) groups excluding carboxylic acids is 1. The monoisotopic (exact) mass is 630 g/mol. The predicted molar refractivity (Wildman–Crippen MR) is 175 cm³/mol. The van der Waals surface area contributed by atoms with E-state index in [-0.39, 0.29) is 48.4 Å². The standard InChI is InChI=1S/C33H44Cl2N2O4Si/c1-22(36-20-31(41-42(5,6)33(2,3)4)25-13-14-30(39)26(18-25)21-38)15-23-9-7-10-24(16-23)17-32(40)37-19-27-28(34)11-8-12-29(27)35/h7-14,16,18,22,31,36,38-39H,15,17,19-21H2,1-6H3,(H,37,40). The van der Waals surface area contributed by atoms with Crippen molar-refractivity contribution in [3.8, 4) is 5.75 Å². The summed E-state index contributed by atoms with van der Waals surface area (Å²) in [6, 6.07) is 18.8. The lowest BCUT2D eigenvalue weighted by Gasteiger charge is -2.40. The summed E-state index contributed by atoms with van der Waals surface area (Å²) >= 11 is 12.5. The Kier molecular flexibility index (Phi) is 12.1. The average molecular weight is 632 g/mol. The molecule has 9 heteroatoms. The molecule has 2 unspecified atom stereocenters. The fourth-order valence-electron chi connectivity index (χ4n) is 4.43. The van der Waals surface area contributed by atoms with E-state index in [1.807, 2.05) is 24.3 Å². The molecule has 1 amide bonds. The topological polar surface area (TPSA) is 90.8 Å². The number of hydrogen-bond donors (Lipinski definition) is 4. The van der Waals surface area contributed by atoms with Crippen LogP contribution in [0.5, 0.6) is 5.75 Å². The van der Waals surface area contributed by atoms with Crippen molar-refractivity contribution >= 4 is 37.4 Å². The molecule has 0 spiro atoms. The highest BCUT2D eigenvalue weighted by molar-refractivity contribution is 6.74. The largest absolute Gasteiger partial charge is 0.508 e. The molecule has 228 valence electrons. The molecule has 0 fully saturated rings. The zero-order valence-electron chi connectivity index (χ0n) is 25.4. The van der Waals surface area contributed by atoms with Gasteiger partial charge in [-0.05, 0) is 72.4 Å². The first kappa shape index (κ1) is 34.1. The summed E-state index contributed by atoms with van der Waals surface area (Å²) in [5.41, 5.74) is 4.18. The maximum absolute atomic E-state index is 12.7. The van der Waals surface area contributed by atoms with Gasteiger partial charge >= 0.3 is 0 Å². The van der Waals surface area contributed by atoms with Gasteiger partial charge in [-0.1, -0.05) is 80.4 Å². The van der Waals surface area contributed by atoms with Crippen molar-refractivity contribution in [2.45, 2.75) is 84.0 Å². The second kappa shape index (κ2) is 14.9. The minimum absolute atomic E-state index is 0.0277. The van der Waals surface area contributed by atoms with Crippen LogP contribution in [0.25, 0.3) is 0 Å². The molecule has 0 bridgehead atoms. The van der Waals surface area contributed by atoms with Crippen LogP contribution in [0.3, 0.4) is 0 Å². The second-order valence-corrected chi connectivity index (χ2v) is 18.0. The van der Waals surface area contributed by atoms with E-state index in [9.17, 15) is 15.0 Å². The van der Waals surface area contributed by atoms with Gasteiger partial charge in [0.25, 0.3) is 0 Å². The first-order chi connectivity index (χ1) is 19.7. The van der Waals surface area contributed by atoms with Crippen LogP contribution in [0.15, 0.2) is 60.7 Å². The molecule has 3 rings (SSSR count). The van der Waals surface area contributed by atoms with Gasteiger partial charge < -0.3 is 25.3 Å². The number of benzene rings is 3. The number of aromatic hydroxyl groups is 1. The Morgan fingerprint density at radius 1 is 1.00 bits per heavy atom. The summed E-state index contributed by atoms with van der Waals surface area (Å²) in [7, 11) is -2.11. The summed E-state index contributed by atoms with van der Waals surface area (Å²) in [6.07, 6.45) is 0.796. The van der Waals surface area contributed by atoms with E-state index in [1.165, 1.54) is 0 Å². The molecule has 0 saturated heterocycles. The van der Waals surface area contributed by atoms with Crippen LogP contribution < -0.4 is 10.6 Å². The van der Waals surface area contributed by atoms with Crippen molar-refractivity contribution in [2.75, 3.05) is 6.54 Å². The quantitative estimate of drug-likeness (QED) is 0.148. The van der Waals surface area contributed by atoms with Crippen LogP contribution in [-0.2, 0) is 35.2 Å². The predicted octanol–water partition coefficient (Wildman–Crippen LogP) is 7.33. The molecule has 3 aromatic carbocycles. The summed E-state index contributed by atoms with van der Waals surface area (Å²) in [5, 5.41) is 27.4. The molecular formula is C33H44Cl2N2O4Si. The fraction of sp³-hybridized carbons (Fsp3) is 0.424. The van der Waals surface area contributed by atoms with E-state index in [2.05, 4.69) is 63.6 Å². The molecular weight excluding hydrogens is 587 g/mol. The Balaban J connectivity index is 1.63. The van der Waals surface area contributed by atoms with Crippen molar-refractivity contribution in [1.82, 2.24) is 10.6 Å². The van der Waals surface area contributed by atoms with Gasteiger partial charge in [0.1, 0.15) is 5.75 Å². The second-order valence-electron chi connectivity index (χ2n) is 12.4. The van der Waals surface area contributed by atoms with Gasteiger partial charge in [0.2, 0.25) is 5.91 Å². The molecule has 4 N–H and O–H groups in total. The minimum atomic E-state index is -2.11. The van der Waals surface area contributed by atoms with Crippen LogP contribution in [-0.4, -0.2) is 37.0 Å². The molecule has 0 aromatic heterocycles. The lowest BCUT2D eigenvalue weighted by atomic mass is 10.0. The van der Waals surface area contributed by atoms with Crippen LogP contribution in [0, 0.1) is 0 Å². The summed E-state index contributed by atoms with van der Waals surface area (Å²) in [4.78, 5) is 12.7. The van der Waals surface area contributed by atoms with Gasteiger partial charge in [0.15, 0.2) is 8.32 Å². The zero-order valence-corrected chi connectivity index (χ0v) is 27.9. The van der Waals surface area contributed by atoms with E-state index in [0.717, 1.165) is 23.1 Å². The van der Waals surface area contributed by atoms with Gasteiger partial charge in [0.05, 0.1) is 19.1 Å². The Hall–Kier alpha value is -2.39. The third kappa shape index (κ3) is 9.56. The highest BCUT2D eigenvalue weighted by atomic mass is 35.5. The van der Waals surface area contributed by atoms with E-state index in [1.54, 1.807) is 24.3 Å². The minimum Gasteiger partial charge on any atom is -0.508 e. The Morgan fingerprint density at radius 2 is 1.64 bits per heavy atom. The summed E-state index contributed by atoms with van der Waals surface area (Å²) < 4.78 is 6.81. The number of rotatable bonds is 13. The van der Waals surface area contributed by atoms with Crippen molar-refractivity contribution < 1.29 is 19.4 Å². The third-order valence-corrected chi connectivity index (χ3v) is 13.2. The summed E-state index contributed by atoms with van der Waals surface area (Å²) in [6.45, 7) is 13.8. The number of amides is 1.